The molecule has 0 bridgehead atoms. The van der Waals surface area contributed by atoms with Crippen LogP contribution >= 0.6 is 0 Å². The second kappa shape index (κ2) is 6.51. The molecule has 1 atom stereocenters. The Kier molecular flexibility index (Phi) is 4.73. The van der Waals surface area contributed by atoms with Gasteiger partial charge in [0.15, 0.2) is 5.82 Å². The number of aryl methyl sites for hydroxylation is 1. The van der Waals surface area contributed by atoms with Gasteiger partial charge in [0.2, 0.25) is 0 Å². The van der Waals surface area contributed by atoms with Gasteiger partial charge in [-0.25, -0.2) is 0 Å². The van der Waals surface area contributed by atoms with E-state index in [4.69, 9.17) is 9.63 Å². The lowest BCUT2D eigenvalue weighted by Crippen LogP contribution is -2.48. The minimum Gasteiger partial charge on any atom is -0.396 e. The molecule has 1 saturated heterocycles. The molecule has 110 valence electrons. The van der Waals surface area contributed by atoms with Crippen molar-refractivity contribution in [3.8, 4) is 0 Å². The Morgan fingerprint density at radius 3 is 3.00 bits per heavy atom. The van der Waals surface area contributed by atoms with Crippen LogP contribution in [0.15, 0.2) is 10.6 Å². The molecule has 1 aliphatic rings. The molecular formula is C13H19N3O4. The molecule has 1 aromatic rings. The number of nitrogens with one attached hydrogen (secondary N) is 1. The highest BCUT2D eigenvalue weighted by Gasteiger charge is 2.30. The van der Waals surface area contributed by atoms with Crippen LogP contribution in [0.2, 0.25) is 0 Å². The van der Waals surface area contributed by atoms with E-state index >= 15 is 0 Å². The highest BCUT2D eigenvalue weighted by Crippen LogP contribution is 2.20. The zero-order valence-electron chi connectivity index (χ0n) is 11.5. The van der Waals surface area contributed by atoms with E-state index in [9.17, 15) is 9.59 Å². The average molecular weight is 281 g/mol. The Bertz CT molecular complexity index is 484. The highest BCUT2D eigenvalue weighted by atomic mass is 16.5. The van der Waals surface area contributed by atoms with E-state index in [0.717, 1.165) is 19.3 Å². The SMILES string of the molecule is Cc1cc(NC(=O)C(=O)N2CCCCC2CCO)no1. The van der Waals surface area contributed by atoms with Crippen LogP contribution in [0.1, 0.15) is 31.4 Å². The summed E-state index contributed by atoms with van der Waals surface area (Å²) in [6.07, 6.45) is 3.22. The third-order valence-electron chi connectivity index (χ3n) is 3.41. The molecule has 0 radical (unpaired) electrons. The first-order valence-electron chi connectivity index (χ1n) is 6.78. The number of carbonyl (C=O) groups excluding carboxylic acids is 2. The fraction of sp³-hybridized carbons (Fsp3) is 0.615. The molecule has 0 spiro atoms. The number of aromatic nitrogens is 1. The molecule has 20 heavy (non-hydrogen) atoms. The van der Waals surface area contributed by atoms with Crippen molar-refractivity contribution >= 4 is 17.6 Å². The third kappa shape index (κ3) is 3.36. The number of rotatable bonds is 3. The average Bonchev–Trinajstić information content (AvgIpc) is 2.84. The Morgan fingerprint density at radius 1 is 1.55 bits per heavy atom. The molecule has 0 saturated carbocycles. The van der Waals surface area contributed by atoms with E-state index in [1.165, 1.54) is 0 Å². The van der Waals surface area contributed by atoms with E-state index in [1.54, 1.807) is 17.9 Å². The molecule has 1 unspecified atom stereocenters. The van der Waals surface area contributed by atoms with Crippen molar-refractivity contribution in [2.45, 2.75) is 38.6 Å². The van der Waals surface area contributed by atoms with Gasteiger partial charge in [0, 0.05) is 25.3 Å². The monoisotopic (exact) mass is 281 g/mol. The van der Waals surface area contributed by atoms with Crippen LogP contribution in [-0.2, 0) is 9.59 Å². The van der Waals surface area contributed by atoms with Crippen LogP contribution in [-0.4, -0.2) is 46.2 Å². The summed E-state index contributed by atoms with van der Waals surface area (Å²) in [5.41, 5.74) is 0. The van der Waals surface area contributed by atoms with E-state index in [1.807, 2.05) is 0 Å². The van der Waals surface area contributed by atoms with Crippen LogP contribution < -0.4 is 5.32 Å². The lowest BCUT2D eigenvalue weighted by atomic mass is 9.99. The first-order chi connectivity index (χ1) is 9.61. The van der Waals surface area contributed by atoms with Gasteiger partial charge in [-0.15, -0.1) is 0 Å². The predicted molar refractivity (Wildman–Crippen MR) is 70.9 cm³/mol. The maximum atomic E-state index is 12.2. The second-order valence-corrected chi connectivity index (χ2v) is 4.94. The maximum absolute atomic E-state index is 12.2. The topological polar surface area (TPSA) is 95.7 Å². The van der Waals surface area contributed by atoms with Gasteiger partial charge in [-0.2, -0.15) is 0 Å². The van der Waals surface area contributed by atoms with Crippen LogP contribution in [0.25, 0.3) is 0 Å². The number of piperidine rings is 1. The minimum atomic E-state index is -0.719. The standard InChI is InChI=1S/C13H19N3O4/c1-9-8-11(15-20-9)14-12(18)13(19)16-6-3-2-4-10(16)5-7-17/h8,10,17H,2-7H2,1H3,(H,14,15,18). The van der Waals surface area contributed by atoms with Gasteiger partial charge in [-0.3, -0.25) is 14.9 Å². The summed E-state index contributed by atoms with van der Waals surface area (Å²) in [5, 5.41) is 15.1. The van der Waals surface area contributed by atoms with Gasteiger partial charge in [-0.05, 0) is 32.6 Å². The van der Waals surface area contributed by atoms with E-state index in [-0.39, 0.29) is 18.5 Å². The summed E-state index contributed by atoms with van der Waals surface area (Å²) in [7, 11) is 0. The van der Waals surface area contributed by atoms with E-state index in [0.29, 0.717) is 18.7 Å². The first-order valence-corrected chi connectivity index (χ1v) is 6.78. The molecule has 7 nitrogen and oxygen atoms in total. The number of likely N-dealkylation sites (tertiary alicyclic amines) is 1. The molecule has 1 aliphatic heterocycles. The molecule has 1 fully saturated rings. The Morgan fingerprint density at radius 2 is 2.35 bits per heavy atom. The van der Waals surface area contributed by atoms with Gasteiger partial charge < -0.3 is 14.5 Å². The smallest absolute Gasteiger partial charge is 0.315 e. The van der Waals surface area contributed by atoms with Crippen LogP contribution in [0.4, 0.5) is 5.82 Å². The summed E-state index contributed by atoms with van der Waals surface area (Å²) in [4.78, 5) is 25.6. The minimum absolute atomic E-state index is 0.0124. The van der Waals surface area contributed by atoms with Crippen molar-refractivity contribution in [1.29, 1.82) is 0 Å². The molecule has 2 heterocycles. The Balaban J connectivity index is 1.99. The first kappa shape index (κ1) is 14.5. The van der Waals surface area contributed by atoms with Crippen molar-refractivity contribution in [1.82, 2.24) is 10.1 Å². The molecule has 7 heteroatoms. The lowest BCUT2D eigenvalue weighted by Gasteiger charge is -2.34. The summed E-state index contributed by atoms with van der Waals surface area (Å²) < 4.78 is 4.83. The molecular weight excluding hydrogens is 262 g/mol. The number of carbonyl (C=O) groups is 2. The number of amides is 2. The fourth-order valence-electron chi connectivity index (χ4n) is 2.44. The predicted octanol–water partition coefficient (Wildman–Crippen LogP) is 0.685. The van der Waals surface area contributed by atoms with Crippen LogP contribution in [0.3, 0.4) is 0 Å². The largest absolute Gasteiger partial charge is 0.396 e. The van der Waals surface area contributed by atoms with Crippen LogP contribution in [0.5, 0.6) is 0 Å². The molecule has 2 rings (SSSR count). The van der Waals surface area contributed by atoms with E-state index in [2.05, 4.69) is 10.5 Å². The molecule has 0 aliphatic carbocycles. The lowest BCUT2D eigenvalue weighted by molar-refractivity contribution is -0.146. The molecule has 1 aromatic heterocycles. The summed E-state index contributed by atoms with van der Waals surface area (Å²) >= 11 is 0. The third-order valence-corrected chi connectivity index (χ3v) is 3.41. The van der Waals surface area contributed by atoms with Crippen molar-refractivity contribution in [2.75, 3.05) is 18.5 Å². The summed E-state index contributed by atoms with van der Waals surface area (Å²) in [6.45, 7) is 2.26. The maximum Gasteiger partial charge on any atom is 0.315 e. The van der Waals surface area contributed by atoms with Crippen molar-refractivity contribution < 1.29 is 19.2 Å². The normalized spacial score (nSPS) is 18.9. The van der Waals surface area contributed by atoms with Crippen molar-refractivity contribution in [3.05, 3.63) is 11.8 Å². The zero-order valence-corrected chi connectivity index (χ0v) is 11.5. The number of hydrogen-bond acceptors (Lipinski definition) is 5. The number of anilines is 1. The van der Waals surface area contributed by atoms with Gasteiger partial charge >= 0.3 is 11.8 Å². The second-order valence-electron chi connectivity index (χ2n) is 4.94. The van der Waals surface area contributed by atoms with Crippen molar-refractivity contribution in [2.24, 2.45) is 0 Å². The summed E-state index contributed by atoms with van der Waals surface area (Å²) in [5.74, 6) is -0.507. The van der Waals surface area contributed by atoms with Crippen molar-refractivity contribution in [3.63, 3.8) is 0 Å². The quantitative estimate of drug-likeness (QED) is 0.794. The fourth-order valence-corrected chi connectivity index (χ4v) is 2.44. The van der Waals surface area contributed by atoms with Crippen LogP contribution in [0, 0.1) is 6.92 Å². The van der Waals surface area contributed by atoms with Gasteiger partial charge in [-0.1, -0.05) is 5.16 Å². The molecule has 2 N–H and O–H groups in total. The number of hydrogen-bond donors (Lipinski definition) is 2. The highest BCUT2D eigenvalue weighted by molar-refractivity contribution is 6.39. The molecule has 0 aromatic carbocycles. The van der Waals surface area contributed by atoms with Gasteiger partial charge in [0.25, 0.3) is 0 Å². The van der Waals surface area contributed by atoms with E-state index < -0.39 is 11.8 Å². The zero-order chi connectivity index (χ0) is 14.5. The number of aliphatic hydroxyl groups is 1. The Hall–Kier alpha value is -1.89. The number of aliphatic hydroxyl groups excluding tert-OH is 1. The summed E-state index contributed by atoms with van der Waals surface area (Å²) in [6, 6.07) is 1.48. The van der Waals surface area contributed by atoms with Gasteiger partial charge in [0.1, 0.15) is 5.76 Å². The molecule has 2 amide bonds. The van der Waals surface area contributed by atoms with Gasteiger partial charge in [0.05, 0.1) is 0 Å². The number of nitrogens with zero attached hydrogens (tertiary/aromatic N) is 2. The Labute approximate surface area is 116 Å².